The number of carbonyl (C=O) groups is 1. The van der Waals surface area contributed by atoms with Crippen LogP contribution in [0.15, 0.2) is 53.4 Å². The smallest absolute Gasteiger partial charge is 0.240 e. The van der Waals surface area contributed by atoms with Gasteiger partial charge in [0, 0.05) is 24.0 Å². The van der Waals surface area contributed by atoms with E-state index in [0.717, 1.165) is 48.4 Å². The Morgan fingerprint density at radius 1 is 1.12 bits per heavy atom. The number of likely N-dealkylation sites (tertiary alicyclic amines) is 1. The molecule has 0 aromatic heterocycles. The molecular formula is C19H21ClF2N2OS. The van der Waals surface area contributed by atoms with Gasteiger partial charge in [-0.2, -0.15) is 0 Å². The van der Waals surface area contributed by atoms with E-state index < -0.39 is 16.9 Å². The lowest BCUT2D eigenvalue weighted by Crippen LogP contribution is -2.44. The predicted octanol–water partition coefficient (Wildman–Crippen LogP) is 4.17. The van der Waals surface area contributed by atoms with Crippen molar-refractivity contribution in [1.29, 1.82) is 0 Å². The lowest BCUT2D eigenvalue weighted by atomic mass is 10.0. The van der Waals surface area contributed by atoms with Gasteiger partial charge in [-0.05, 0) is 36.6 Å². The van der Waals surface area contributed by atoms with Crippen molar-refractivity contribution < 1.29 is 13.6 Å². The number of thioether (sulfide) groups is 1. The van der Waals surface area contributed by atoms with Crippen molar-refractivity contribution in [2.45, 2.75) is 29.0 Å². The molecule has 26 heavy (non-hydrogen) atoms. The summed E-state index contributed by atoms with van der Waals surface area (Å²) in [5.74, 6) is -1.14. The van der Waals surface area contributed by atoms with Gasteiger partial charge in [-0.3, -0.25) is 4.79 Å². The van der Waals surface area contributed by atoms with Crippen molar-refractivity contribution in [3.63, 3.8) is 0 Å². The van der Waals surface area contributed by atoms with Crippen LogP contribution in [-0.2, 0) is 4.79 Å². The van der Waals surface area contributed by atoms with Gasteiger partial charge in [-0.25, -0.2) is 8.78 Å². The first-order chi connectivity index (χ1) is 12.0. The number of nitrogens with zero attached hydrogens (tertiary/aromatic N) is 1. The summed E-state index contributed by atoms with van der Waals surface area (Å²) >= 11 is 1.05. The maximum atomic E-state index is 14.1. The van der Waals surface area contributed by atoms with Gasteiger partial charge in [0.2, 0.25) is 5.91 Å². The third-order valence-electron chi connectivity index (χ3n) is 4.32. The number of amides is 1. The van der Waals surface area contributed by atoms with Crippen molar-refractivity contribution in [2.75, 3.05) is 13.1 Å². The molecule has 1 fully saturated rings. The fourth-order valence-electron chi connectivity index (χ4n) is 2.87. The zero-order chi connectivity index (χ0) is 17.8. The van der Waals surface area contributed by atoms with Crippen molar-refractivity contribution in [2.24, 2.45) is 5.73 Å². The molecule has 1 unspecified atom stereocenters. The Morgan fingerprint density at radius 3 is 2.42 bits per heavy atom. The molecule has 1 amide bonds. The van der Waals surface area contributed by atoms with Gasteiger partial charge in [0.25, 0.3) is 0 Å². The Hall–Kier alpha value is -1.63. The quantitative estimate of drug-likeness (QED) is 0.786. The van der Waals surface area contributed by atoms with Crippen LogP contribution in [0, 0.1) is 11.6 Å². The maximum absolute atomic E-state index is 14.1. The van der Waals surface area contributed by atoms with Gasteiger partial charge < -0.3 is 10.6 Å². The number of benzene rings is 2. The molecule has 0 bridgehead atoms. The number of rotatable bonds is 4. The first-order valence-corrected chi connectivity index (χ1v) is 9.13. The Morgan fingerprint density at radius 2 is 1.77 bits per heavy atom. The molecule has 140 valence electrons. The standard InChI is InChI=1S/C19H20F2N2OS.ClH/c20-14-6-7-16(21)17(12-14)25-18(13-4-2-1-3-5-13)19(24)23-10-8-15(22)9-11-23;/h1-7,12,15,18H,8-11,22H2;1H. The summed E-state index contributed by atoms with van der Waals surface area (Å²) in [7, 11) is 0. The fraction of sp³-hybridized carbons (Fsp3) is 0.316. The number of hydrogen-bond donors (Lipinski definition) is 1. The highest BCUT2D eigenvalue weighted by Crippen LogP contribution is 2.38. The van der Waals surface area contributed by atoms with Gasteiger partial charge in [-0.15, -0.1) is 24.2 Å². The number of carbonyl (C=O) groups excluding carboxylic acids is 1. The van der Waals surface area contributed by atoms with Crippen LogP contribution < -0.4 is 5.73 Å². The van der Waals surface area contributed by atoms with E-state index in [-0.39, 0.29) is 29.3 Å². The average molecular weight is 399 g/mol. The molecule has 1 saturated heterocycles. The molecule has 3 rings (SSSR count). The highest BCUT2D eigenvalue weighted by molar-refractivity contribution is 8.00. The first-order valence-electron chi connectivity index (χ1n) is 8.25. The zero-order valence-corrected chi connectivity index (χ0v) is 15.7. The van der Waals surface area contributed by atoms with E-state index >= 15 is 0 Å². The fourth-order valence-corrected chi connectivity index (χ4v) is 4.03. The molecule has 1 heterocycles. The minimum absolute atomic E-state index is 0. The molecule has 0 aliphatic carbocycles. The predicted molar refractivity (Wildman–Crippen MR) is 102 cm³/mol. The summed E-state index contributed by atoms with van der Waals surface area (Å²) in [6.45, 7) is 1.19. The van der Waals surface area contributed by atoms with Gasteiger partial charge in [0.1, 0.15) is 16.9 Å². The monoisotopic (exact) mass is 398 g/mol. The second-order valence-corrected chi connectivity index (χ2v) is 7.29. The molecular weight excluding hydrogens is 378 g/mol. The van der Waals surface area contributed by atoms with Crippen LogP contribution in [0.3, 0.4) is 0 Å². The second-order valence-electron chi connectivity index (χ2n) is 6.15. The molecule has 0 saturated carbocycles. The highest BCUT2D eigenvalue weighted by Gasteiger charge is 2.30. The SMILES string of the molecule is Cl.NC1CCN(C(=O)C(Sc2cc(F)ccc2F)c2ccccc2)CC1. The number of piperidine rings is 1. The maximum Gasteiger partial charge on any atom is 0.240 e. The Balaban J connectivity index is 0.00000243. The molecule has 1 aliphatic heterocycles. The first kappa shape index (κ1) is 20.7. The summed E-state index contributed by atoms with van der Waals surface area (Å²) in [4.78, 5) is 15.0. The lowest BCUT2D eigenvalue weighted by molar-refractivity contribution is -0.131. The summed E-state index contributed by atoms with van der Waals surface area (Å²) in [6, 6.07) is 12.6. The molecule has 2 aromatic carbocycles. The van der Waals surface area contributed by atoms with E-state index in [9.17, 15) is 13.6 Å². The van der Waals surface area contributed by atoms with E-state index in [1.165, 1.54) is 0 Å². The Kier molecular flexibility index (Phi) is 7.43. The Bertz CT molecular complexity index is 740. The topological polar surface area (TPSA) is 46.3 Å². The molecule has 2 aromatic rings. The second kappa shape index (κ2) is 9.35. The van der Waals surface area contributed by atoms with Crippen molar-refractivity contribution in [3.8, 4) is 0 Å². The Labute approximate surface area is 162 Å². The number of hydrogen-bond acceptors (Lipinski definition) is 3. The summed E-state index contributed by atoms with van der Waals surface area (Å²) < 4.78 is 27.6. The minimum atomic E-state index is -0.619. The van der Waals surface area contributed by atoms with Crippen molar-refractivity contribution in [1.82, 2.24) is 4.90 Å². The average Bonchev–Trinajstić information content (AvgIpc) is 2.63. The van der Waals surface area contributed by atoms with E-state index in [0.29, 0.717) is 13.1 Å². The van der Waals surface area contributed by atoms with Gasteiger partial charge in [0.15, 0.2) is 0 Å². The van der Waals surface area contributed by atoms with Gasteiger partial charge in [0.05, 0.1) is 0 Å². The molecule has 2 N–H and O–H groups in total. The normalized spacial score (nSPS) is 16.0. The molecule has 3 nitrogen and oxygen atoms in total. The van der Waals surface area contributed by atoms with E-state index in [1.54, 1.807) is 4.90 Å². The van der Waals surface area contributed by atoms with Gasteiger partial charge in [-0.1, -0.05) is 30.3 Å². The van der Waals surface area contributed by atoms with Crippen LogP contribution in [0.4, 0.5) is 8.78 Å². The van der Waals surface area contributed by atoms with Crippen LogP contribution in [0.25, 0.3) is 0 Å². The molecule has 0 spiro atoms. The van der Waals surface area contributed by atoms with E-state index in [1.807, 2.05) is 30.3 Å². The third kappa shape index (κ3) is 4.96. The van der Waals surface area contributed by atoms with Crippen molar-refractivity contribution >= 4 is 30.1 Å². The van der Waals surface area contributed by atoms with Crippen LogP contribution in [0.5, 0.6) is 0 Å². The molecule has 7 heteroatoms. The van der Waals surface area contributed by atoms with E-state index in [2.05, 4.69) is 0 Å². The molecule has 1 aliphatic rings. The van der Waals surface area contributed by atoms with Crippen LogP contribution >= 0.6 is 24.2 Å². The highest BCUT2D eigenvalue weighted by atomic mass is 35.5. The summed E-state index contributed by atoms with van der Waals surface area (Å²) in [5, 5.41) is -0.619. The van der Waals surface area contributed by atoms with Crippen LogP contribution in [0.1, 0.15) is 23.7 Å². The lowest BCUT2D eigenvalue weighted by Gasteiger charge is -2.33. The van der Waals surface area contributed by atoms with Crippen LogP contribution in [-0.4, -0.2) is 29.9 Å². The summed E-state index contributed by atoms with van der Waals surface area (Å²) in [5.41, 5.74) is 6.68. The van der Waals surface area contributed by atoms with Crippen LogP contribution in [0.2, 0.25) is 0 Å². The molecule has 1 atom stereocenters. The number of nitrogens with two attached hydrogens (primary N) is 1. The largest absolute Gasteiger partial charge is 0.341 e. The minimum Gasteiger partial charge on any atom is -0.341 e. The zero-order valence-electron chi connectivity index (χ0n) is 14.1. The number of halogens is 3. The molecule has 0 radical (unpaired) electrons. The van der Waals surface area contributed by atoms with E-state index in [4.69, 9.17) is 5.73 Å². The third-order valence-corrected chi connectivity index (χ3v) is 5.59. The summed E-state index contributed by atoms with van der Waals surface area (Å²) in [6.07, 6.45) is 1.51. The van der Waals surface area contributed by atoms with Crippen molar-refractivity contribution in [3.05, 3.63) is 65.7 Å². The van der Waals surface area contributed by atoms with Gasteiger partial charge >= 0.3 is 0 Å².